The second-order valence-corrected chi connectivity index (χ2v) is 10.8. The molecular formula is C28H32N2O4S. The van der Waals surface area contributed by atoms with Gasteiger partial charge in [0.05, 0.1) is 12.3 Å². The Labute approximate surface area is 210 Å². The molecule has 2 aliphatic rings. The van der Waals surface area contributed by atoms with Crippen LogP contribution in [0.3, 0.4) is 0 Å². The number of ether oxygens (including phenoxy) is 1. The van der Waals surface area contributed by atoms with Crippen LogP contribution in [0.5, 0.6) is 5.75 Å². The molecule has 0 unspecified atom stereocenters. The molecule has 35 heavy (non-hydrogen) atoms. The van der Waals surface area contributed by atoms with Crippen molar-refractivity contribution in [1.29, 1.82) is 0 Å². The highest BCUT2D eigenvalue weighted by Crippen LogP contribution is 2.35. The molecule has 1 aromatic carbocycles. The van der Waals surface area contributed by atoms with E-state index in [4.69, 9.17) is 9.15 Å². The minimum atomic E-state index is -0.221. The summed E-state index contributed by atoms with van der Waals surface area (Å²) >= 11 is 1.73. The average Bonchev–Trinajstić information content (AvgIpc) is 3.31. The van der Waals surface area contributed by atoms with E-state index in [1.165, 1.54) is 16.7 Å². The van der Waals surface area contributed by atoms with Crippen molar-refractivity contribution in [2.24, 2.45) is 5.92 Å². The van der Waals surface area contributed by atoms with Gasteiger partial charge in [0, 0.05) is 18.0 Å². The van der Waals surface area contributed by atoms with Gasteiger partial charge in [-0.25, -0.2) is 0 Å². The number of carbonyl (C=O) groups is 2. The number of benzene rings is 1. The number of hydrogen-bond acceptors (Lipinski definition) is 5. The Morgan fingerprint density at radius 3 is 2.66 bits per heavy atom. The molecule has 1 aliphatic heterocycles. The summed E-state index contributed by atoms with van der Waals surface area (Å²) in [6.45, 7) is 5.98. The van der Waals surface area contributed by atoms with Gasteiger partial charge in [0.1, 0.15) is 18.9 Å². The van der Waals surface area contributed by atoms with Gasteiger partial charge in [-0.3, -0.25) is 9.59 Å². The van der Waals surface area contributed by atoms with Gasteiger partial charge in [0.25, 0.3) is 5.91 Å². The van der Waals surface area contributed by atoms with Crippen LogP contribution in [0.25, 0.3) is 0 Å². The Hall–Kier alpha value is -3.06. The van der Waals surface area contributed by atoms with Crippen molar-refractivity contribution in [3.63, 3.8) is 0 Å². The standard InChI is InChI=1S/C28H32N2O4S/c1-19(2)21-7-9-22(10-8-21)34-18-24-23-12-15-35-26(23)11-13-30(24)27(31)17-29(16-20-5-6-20)28(32)25-4-3-14-33-25/h3-4,7-10,12,14-15,19-20,24H,5-6,11,13,16-18H2,1-2H3/t24-/m0/s1. The zero-order valence-electron chi connectivity index (χ0n) is 20.3. The quantitative estimate of drug-likeness (QED) is 0.394. The summed E-state index contributed by atoms with van der Waals surface area (Å²) in [4.78, 5) is 31.5. The maximum Gasteiger partial charge on any atom is 0.290 e. The summed E-state index contributed by atoms with van der Waals surface area (Å²) in [7, 11) is 0. The molecule has 3 aromatic rings. The molecule has 3 heterocycles. The topological polar surface area (TPSA) is 63.0 Å². The summed E-state index contributed by atoms with van der Waals surface area (Å²) in [6, 6.07) is 13.5. The molecule has 5 rings (SSSR count). The summed E-state index contributed by atoms with van der Waals surface area (Å²) < 4.78 is 11.5. The molecule has 7 heteroatoms. The summed E-state index contributed by atoms with van der Waals surface area (Å²) in [5.74, 6) is 1.74. The number of furan rings is 1. The predicted molar refractivity (Wildman–Crippen MR) is 136 cm³/mol. The molecule has 6 nitrogen and oxygen atoms in total. The molecule has 0 saturated heterocycles. The molecule has 184 valence electrons. The van der Waals surface area contributed by atoms with Crippen LogP contribution in [-0.4, -0.2) is 47.9 Å². The van der Waals surface area contributed by atoms with Gasteiger partial charge in [-0.05, 0) is 77.9 Å². The fourth-order valence-electron chi connectivity index (χ4n) is 4.64. The Morgan fingerprint density at radius 1 is 1.17 bits per heavy atom. The SMILES string of the molecule is CC(C)c1ccc(OC[C@H]2c3ccsc3CCN2C(=O)CN(CC2CC2)C(=O)c2ccco2)cc1. The zero-order valence-corrected chi connectivity index (χ0v) is 21.1. The number of hydrogen-bond donors (Lipinski definition) is 0. The van der Waals surface area contributed by atoms with Crippen molar-refractivity contribution in [3.05, 3.63) is 75.9 Å². The van der Waals surface area contributed by atoms with Gasteiger partial charge >= 0.3 is 0 Å². The van der Waals surface area contributed by atoms with Crippen molar-refractivity contribution in [2.45, 2.75) is 45.1 Å². The van der Waals surface area contributed by atoms with E-state index in [1.54, 1.807) is 28.4 Å². The van der Waals surface area contributed by atoms with E-state index < -0.39 is 0 Å². The summed E-state index contributed by atoms with van der Waals surface area (Å²) in [5, 5.41) is 2.09. The van der Waals surface area contributed by atoms with Crippen molar-refractivity contribution in [2.75, 3.05) is 26.2 Å². The second kappa shape index (κ2) is 10.3. The van der Waals surface area contributed by atoms with E-state index in [9.17, 15) is 9.59 Å². The molecule has 0 bridgehead atoms. The van der Waals surface area contributed by atoms with E-state index >= 15 is 0 Å². The first-order valence-corrected chi connectivity index (χ1v) is 13.3. The Kier molecular flexibility index (Phi) is 6.95. The largest absolute Gasteiger partial charge is 0.491 e. The number of thiophene rings is 1. The Bertz CT molecular complexity index is 1150. The van der Waals surface area contributed by atoms with Crippen LogP contribution in [0, 0.1) is 5.92 Å². The maximum absolute atomic E-state index is 13.6. The third-order valence-electron chi connectivity index (χ3n) is 6.89. The summed E-state index contributed by atoms with van der Waals surface area (Å²) in [6.07, 6.45) is 4.52. The Morgan fingerprint density at radius 2 is 1.97 bits per heavy atom. The first-order valence-electron chi connectivity index (χ1n) is 12.4. The number of fused-ring (bicyclic) bond motifs is 1. The fourth-order valence-corrected chi connectivity index (χ4v) is 5.57. The minimum absolute atomic E-state index is 0.0499. The zero-order chi connectivity index (χ0) is 24.4. The van der Waals surface area contributed by atoms with Crippen LogP contribution in [0.4, 0.5) is 0 Å². The normalized spacial score (nSPS) is 17.3. The van der Waals surface area contributed by atoms with E-state index in [-0.39, 0.29) is 30.2 Å². The number of rotatable bonds is 9. The van der Waals surface area contributed by atoms with Crippen LogP contribution >= 0.6 is 11.3 Å². The van der Waals surface area contributed by atoms with Gasteiger partial charge < -0.3 is 19.0 Å². The smallest absolute Gasteiger partial charge is 0.290 e. The van der Waals surface area contributed by atoms with E-state index in [0.717, 1.165) is 30.6 Å². The Balaban J connectivity index is 1.31. The van der Waals surface area contributed by atoms with Crippen LogP contribution in [0.1, 0.15) is 65.2 Å². The molecule has 1 atom stereocenters. The molecule has 1 fully saturated rings. The number of amides is 2. The van der Waals surface area contributed by atoms with Gasteiger partial charge in [-0.1, -0.05) is 26.0 Å². The lowest BCUT2D eigenvalue weighted by Gasteiger charge is -2.37. The molecule has 1 saturated carbocycles. The molecule has 0 radical (unpaired) electrons. The third kappa shape index (κ3) is 5.45. The highest BCUT2D eigenvalue weighted by Gasteiger charge is 2.35. The van der Waals surface area contributed by atoms with Crippen LogP contribution in [0.2, 0.25) is 0 Å². The lowest BCUT2D eigenvalue weighted by molar-refractivity contribution is -0.135. The van der Waals surface area contributed by atoms with Crippen molar-refractivity contribution >= 4 is 23.2 Å². The monoisotopic (exact) mass is 492 g/mol. The minimum Gasteiger partial charge on any atom is -0.491 e. The van der Waals surface area contributed by atoms with Gasteiger partial charge in [0.15, 0.2) is 5.76 Å². The fraction of sp³-hybridized carbons (Fsp3) is 0.429. The van der Waals surface area contributed by atoms with Crippen molar-refractivity contribution in [3.8, 4) is 5.75 Å². The molecule has 1 aliphatic carbocycles. The van der Waals surface area contributed by atoms with Gasteiger partial charge in [-0.2, -0.15) is 0 Å². The first kappa shape index (κ1) is 23.7. The average molecular weight is 493 g/mol. The first-order chi connectivity index (χ1) is 17.0. The summed E-state index contributed by atoms with van der Waals surface area (Å²) in [5.41, 5.74) is 2.42. The third-order valence-corrected chi connectivity index (χ3v) is 7.89. The van der Waals surface area contributed by atoms with E-state index in [2.05, 4.69) is 37.4 Å². The van der Waals surface area contributed by atoms with Crippen LogP contribution < -0.4 is 4.74 Å². The second-order valence-electron chi connectivity index (χ2n) is 9.79. The van der Waals surface area contributed by atoms with Crippen LogP contribution in [0.15, 0.2) is 58.5 Å². The van der Waals surface area contributed by atoms with Crippen molar-refractivity contribution in [1.82, 2.24) is 9.80 Å². The number of carbonyl (C=O) groups excluding carboxylic acids is 2. The highest BCUT2D eigenvalue weighted by molar-refractivity contribution is 7.10. The molecule has 0 spiro atoms. The molecular weight excluding hydrogens is 460 g/mol. The van der Waals surface area contributed by atoms with Gasteiger partial charge in [0.2, 0.25) is 5.91 Å². The van der Waals surface area contributed by atoms with E-state index in [0.29, 0.717) is 31.5 Å². The van der Waals surface area contributed by atoms with Crippen molar-refractivity contribution < 1.29 is 18.7 Å². The highest BCUT2D eigenvalue weighted by atomic mass is 32.1. The predicted octanol–water partition coefficient (Wildman–Crippen LogP) is 5.52. The molecule has 0 N–H and O–H groups in total. The molecule has 2 amide bonds. The number of nitrogens with zero attached hydrogens (tertiary/aromatic N) is 2. The van der Waals surface area contributed by atoms with Crippen LogP contribution in [-0.2, 0) is 11.2 Å². The lowest BCUT2D eigenvalue weighted by Crippen LogP contribution is -2.48. The molecule has 2 aromatic heterocycles. The lowest BCUT2D eigenvalue weighted by atomic mass is 10.00. The maximum atomic E-state index is 13.6. The van der Waals surface area contributed by atoms with Gasteiger partial charge in [-0.15, -0.1) is 11.3 Å². The van der Waals surface area contributed by atoms with E-state index in [1.807, 2.05) is 17.0 Å².